The Kier molecular flexibility index (Phi) is 11.9. The lowest BCUT2D eigenvalue weighted by atomic mass is 10.1. The third kappa shape index (κ3) is 11.4. The van der Waals surface area contributed by atoms with Crippen LogP contribution < -0.4 is 4.52 Å². The Bertz CT molecular complexity index is 476. The Morgan fingerprint density at radius 1 is 0.880 bits per heavy atom. The molecule has 5 heteroatoms. The molecule has 25 heavy (non-hydrogen) atoms. The van der Waals surface area contributed by atoms with Gasteiger partial charge in [-0.2, -0.15) is 0 Å². The van der Waals surface area contributed by atoms with Crippen LogP contribution in [0.2, 0.25) is 0 Å². The molecule has 0 amide bonds. The van der Waals surface area contributed by atoms with E-state index in [0.717, 1.165) is 19.3 Å². The highest BCUT2D eigenvalue weighted by molar-refractivity contribution is 7.48. The number of unbranched alkanes of at least 4 members (excludes halogenated alkanes) is 6. The minimum absolute atomic E-state index is 0.374. The Labute approximate surface area is 153 Å². The maximum Gasteiger partial charge on any atom is 0.530 e. The van der Waals surface area contributed by atoms with Gasteiger partial charge >= 0.3 is 7.82 Å². The molecule has 0 N–H and O–H groups in total. The van der Waals surface area contributed by atoms with Crippen molar-refractivity contribution >= 4 is 7.82 Å². The molecule has 1 aromatic rings. The van der Waals surface area contributed by atoms with Gasteiger partial charge < -0.3 is 4.52 Å². The van der Waals surface area contributed by atoms with Crippen molar-refractivity contribution in [2.24, 2.45) is 5.92 Å². The first kappa shape index (κ1) is 22.2. The third-order valence-corrected chi connectivity index (χ3v) is 5.33. The van der Waals surface area contributed by atoms with Gasteiger partial charge in [0.25, 0.3) is 0 Å². The van der Waals surface area contributed by atoms with Crippen molar-refractivity contribution in [3.8, 4) is 5.75 Å². The maximum absolute atomic E-state index is 12.9. The van der Waals surface area contributed by atoms with Crippen molar-refractivity contribution in [2.75, 3.05) is 13.2 Å². The lowest BCUT2D eigenvalue weighted by Crippen LogP contribution is -2.06. The molecular formula is C20H35O4P. The van der Waals surface area contributed by atoms with Gasteiger partial charge in [-0.25, -0.2) is 4.57 Å². The van der Waals surface area contributed by atoms with E-state index in [1.54, 1.807) is 12.1 Å². The predicted octanol–water partition coefficient (Wildman–Crippen LogP) is 7.00. The number of benzene rings is 1. The largest absolute Gasteiger partial charge is 0.530 e. The van der Waals surface area contributed by atoms with Gasteiger partial charge in [0.15, 0.2) is 0 Å². The zero-order valence-electron chi connectivity index (χ0n) is 16.1. The van der Waals surface area contributed by atoms with E-state index in [4.69, 9.17) is 13.6 Å². The van der Waals surface area contributed by atoms with Crippen LogP contribution in [-0.4, -0.2) is 13.2 Å². The van der Waals surface area contributed by atoms with E-state index in [-0.39, 0.29) is 0 Å². The van der Waals surface area contributed by atoms with E-state index in [9.17, 15) is 4.57 Å². The third-order valence-electron chi connectivity index (χ3n) is 3.90. The smallest absolute Gasteiger partial charge is 0.404 e. The Hall–Kier alpha value is -0.830. The fraction of sp³-hybridized carbons (Fsp3) is 0.700. The first-order valence-corrected chi connectivity index (χ1v) is 11.2. The zero-order valence-corrected chi connectivity index (χ0v) is 17.0. The highest BCUT2D eigenvalue weighted by atomic mass is 31.2. The van der Waals surface area contributed by atoms with Crippen LogP contribution in [0.4, 0.5) is 0 Å². The van der Waals surface area contributed by atoms with E-state index < -0.39 is 7.82 Å². The molecule has 1 aromatic carbocycles. The second-order valence-electron chi connectivity index (χ2n) is 6.82. The summed E-state index contributed by atoms with van der Waals surface area (Å²) in [6.07, 6.45) is 9.10. The van der Waals surface area contributed by atoms with Gasteiger partial charge in [-0.1, -0.05) is 77.5 Å². The van der Waals surface area contributed by atoms with E-state index >= 15 is 0 Å². The fourth-order valence-electron chi connectivity index (χ4n) is 2.34. The van der Waals surface area contributed by atoms with Crippen LogP contribution in [0.3, 0.4) is 0 Å². The normalized spacial score (nSPS) is 13.8. The molecule has 0 aliphatic carbocycles. The number of hydrogen-bond acceptors (Lipinski definition) is 4. The minimum Gasteiger partial charge on any atom is -0.404 e. The highest BCUT2D eigenvalue weighted by Gasteiger charge is 2.28. The number of phosphoric acid groups is 1. The molecule has 0 spiro atoms. The van der Waals surface area contributed by atoms with Gasteiger partial charge in [0, 0.05) is 0 Å². The molecule has 0 aromatic heterocycles. The van der Waals surface area contributed by atoms with Gasteiger partial charge in [0.1, 0.15) is 5.75 Å². The van der Waals surface area contributed by atoms with E-state index in [1.807, 2.05) is 18.2 Å². The van der Waals surface area contributed by atoms with Crippen molar-refractivity contribution in [2.45, 2.75) is 72.1 Å². The predicted molar refractivity (Wildman–Crippen MR) is 104 cm³/mol. The average molecular weight is 370 g/mol. The molecule has 4 nitrogen and oxygen atoms in total. The van der Waals surface area contributed by atoms with Crippen LogP contribution in [0, 0.1) is 5.92 Å². The molecule has 0 saturated carbocycles. The molecule has 0 fully saturated rings. The molecule has 1 unspecified atom stereocenters. The van der Waals surface area contributed by atoms with Gasteiger partial charge in [-0.15, -0.1) is 0 Å². The number of hydrogen-bond donors (Lipinski definition) is 0. The molecule has 0 aliphatic rings. The van der Waals surface area contributed by atoms with Gasteiger partial charge in [-0.05, 0) is 30.9 Å². The van der Waals surface area contributed by atoms with Gasteiger partial charge in [0.05, 0.1) is 13.2 Å². The van der Waals surface area contributed by atoms with Crippen molar-refractivity contribution in [1.29, 1.82) is 0 Å². The van der Waals surface area contributed by atoms with E-state index in [0.29, 0.717) is 24.9 Å². The summed E-state index contributed by atoms with van der Waals surface area (Å²) in [5.41, 5.74) is 0. The Morgan fingerprint density at radius 3 is 2.12 bits per heavy atom. The van der Waals surface area contributed by atoms with Crippen LogP contribution in [-0.2, 0) is 13.6 Å². The summed E-state index contributed by atoms with van der Waals surface area (Å²) in [6.45, 7) is 7.20. The quantitative estimate of drug-likeness (QED) is 0.246. The average Bonchev–Trinajstić information content (AvgIpc) is 2.58. The van der Waals surface area contributed by atoms with Crippen LogP contribution in [0.15, 0.2) is 30.3 Å². The second kappa shape index (κ2) is 13.4. The molecule has 1 atom stereocenters. The molecular weight excluding hydrogens is 335 g/mol. The van der Waals surface area contributed by atoms with E-state index in [2.05, 4.69) is 20.8 Å². The molecule has 0 radical (unpaired) electrons. The molecule has 1 rings (SSSR count). The van der Waals surface area contributed by atoms with Crippen molar-refractivity contribution in [3.63, 3.8) is 0 Å². The first-order valence-electron chi connectivity index (χ1n) is 9.69. The lowest BCUT2D eigenvalue weighted by molar-refractivity contribution is 0.147. The summed E-state index contributed by atoms with van der Waals surface area (Å²) in [4.78, 5) is 0. The second-order valence-corrected chi connectivity index (χ2v) is 8.42. The highest BCUT2D eigenvalue weighted by Crippen LogP contribution is 2.49. The van der Waals surface area contributed by atoms with Crippen LogP contribution in [0.1, 0.15) is 72.1 Å². The SMILES string of the molecule is CCCCCCCCCOP(=O)(OCCC(C)C)Oc1ccccc1. The lowest BCUT2D eigenvalue weighted by Gasteiger charge is -2.19. The Balaban J connectivity index is 2.38. The van der Waals surface area contributed by atoms with Crippen LogP contribution in [0.5, 0.6) is 5.75 Å². The van der Waals surface area contributed by atoms with Gasteiger partial charge in [-0.3, -0.25) is 9.05 Å². The van der Waals surface area contributed by atoms with Crippen molar-refractivity contribution in [1.82, 2.24) is 0 Å². The maximum atomic E-state index is 12.9. The zero-order chi connectivity index (χ0) is 18.4. The molecule has 144 valence electrons. The minimum atomic E-state index is -3.56. The molecule has 0 saturated heterocycles. The number of phosphoric ester groups is 1. The van der Waals surface area contributed by atoms with Crippen LogP contribution >= 0.6 is 7.82 Å². The topological polar surface area (TPSA) is 44.8 Å². The van der Waals surface area contributed by atoms with E-state index in [1.165, 1.54) is 32.1 Å². The fourth-order valence-corrected chi connectivity index (χ4v) is 3.58. The molecule has 0 bridgehead atoms. The number of para-hydroxylation sites is 1. The van der Waals surface area contributed by atoms with Crippen LogP contribution in [0.25, 0.3) is 0 Å². The monoisotopic (exact) mass is 370 g/mol. The number of rotatable bonds is 15. The summed E-state index contributed by atoms with van der Waals surface area (Å²) in [5.74, 6) is 0.989. The standard InChI is InChI=1S/C20H35O4P/c1-4-5-6-7-8-9-13-17-22-25(21,23-18-16-19(2)3)24-20-14-11-10-12-15-20/h10-12,14-15,19H,4-9,13,16-18H2,1-3H3. The summed E-state index contributed by atoms with van der Waals surface area (Å²) in [5, 5.41) is 0. The van der Waals surface area contributed by atoms with Crippen molar-refractivity contribution < 1.29 is 18.1 Å². The van der Waals surface area contributed by atoms with Crippen molar-refractivity contribution in [3.05, 3.63) is 30.3 Å². The first-order chi connectivity index (χ1) is 12.1. The summed E-state index contributed by atoms with van der Waals surface area (Å²) < 4.78 is 29.5. The summed E-state index contributed by atoms with van der Waals surface area (Å²) in [7, 11) is -3.56. The molecule has 0 aliphatic heterocycles. The Morgan fingerprint density at radius 2 is 1.48 bits per heavy atom. The summed E-state index contributed by atoms with van der Waals surface area (Å²) in [6, 6.07) is 9.08. The summed E-state index contributed by atoms with van der Waals surface area (Å²) >= 11 is 0. The van der Waals surface area contributed by atoms with Gasteiger partial charge in [0.2, 0.25) is 0 Å². The molecule has 0 heterocycles.